The van der Waals surface area contributed by atoms with Crippen molar-refractivity contribution in [1.29, 1.82) is 0 Å². The van der Waals surface area contributed by atoms with E-state index in [1.807, 2.05) is 37.3 Å². The number of hydrogen-bond acceptors (Lipinski definition) is 1. The fraction of sp³-hybridized carbons (Fsp3) is 0.250. The van der Waals surface area contributed by atoms with Crippen molar-refractivity contribution in [1.82, 2.24) is 5.32 Å². The average Bonchev–Trinajstić information content (AvgIpc) is 2.38. The summed E-state index contributed by atoms with van der Waals surface area (Å²) in [5, 5.41) is 4.17. The molecule has 1 nitrogen and oxygen atoms in total. The Morgan fingerprint density at radius 1 is 0.947 bits per heavy atom. The Morgan fingerprint density at radius 2 is 1.53 bits per heavy atom. The van der Waals surface area contributed by atoms with Crippen molar-refractivity contribution in [3.8, 4) is 0 Å². The molecule has 0 aromatic heterocycles. The summed E-state index contributed by atoms with van der Waals surface area (Å²) in [6.45, 7) is 4.09. The number of halogens is 2. The quantitative estimate of drug-likeness (QED) is 0.839. The highest BCUT2D eigenvalue weighted by Gasteiger charge is 2.11. The van der Waals surface area contributed by atoms with Gasteiger partial charge in [-0.25, -0.2) is 4.39 Å². The molecule has 0 amide bonds. The molecule has 1 N–H and O–H groups in total. The average molecular weight is 278 g/mol. The van der Waals surface area contributed by atoms with Gasteiger partial charge in [0.1, 0.15) is 5.82 Å². The first-order valence-corrected chi connectivity index (χ1v) is 6.71. The Morgan fingerprint density at radius 3 is 2.11 bits per heavy atom. The fourth-order valence-electron chi connectivity index (χ4n) is 2.12. The molecule has 0 saturated carbocycles. The third-order valence-electron chi connectivity index (χ3n) is 3.20. The first kappa shape index (κ1) is 14.0. The van der Waals surface area contributed by atoms with E-state index in [1.54, 1.807) is 12.1 Å². The van der Waals surface area contributed by atoms with Crippen molar-refractivity contribution in [2.75, 3.05) is 0 Å². The molecule has 0 aliphatic rings. The van der Waals surface area contributed by atoms with Crippen molar-refractivity contribution >= 4 is 11.6 Å². The number of benzene rings is 2. The summed E-state index contributed by atoms with van der Waals surface area (Å²) in [5.74, 6) is -0.207. The lowest BCUT2D eigenvalue weighted by Gasteiger charge is -2.21. The van der Waals surface area contributed by atoms with Crippen molar-refractivity contribution in [2.24, 2.45) is 0 Å². The van der Waals surface area contributed by atoms with Crippen LogP contribution in [0, 0.1) is 5.82 Å². The van der Waals surface area contributed by atoms with Gasteiger partial charge in [-0.3, -0.25) is 0 Å². The minimum atomic E-state index is -0.207. The lowest BCUT2D eigenvalue weighted by atomic mass is 10.0. The second-order valence-corrected chi connectivity index (χ2v) is 5.16. The molecule has 0 aliphatic heterocycles. The summed E-state index contributed by atoms with van der Waals surface area (Å²) in [6, 6.07) is 14.6. The standard InChI is InChI=1S/C16H17ClFN/c1-11(13-5-3-7-15(17)9-13)19-12(2)14-6-4-8-16(18)10-14/h3-12,19H,1-2H3/t11?,12-/m0/s1. The predicted molar refractivity (Wildman–Crippen MR) is 77.8 cm³/mol. The monoisotopic (exact) mass is 277 g/mol. The summed E-state index contributed by atoms with van der Waals surface area (Å²) in [6.07, 6.45) is 0. The van der Waals surface area contributed by atoms with Gasteiger partial charge in [0, 0.05) is 17.1 Å². The molecule has 0 fully saturated rings. The lowest BCUT2D eigenvalue weighted by Crippen LogP contribution is -2.22. The molecule has 2 rings (SSSR count). The zero-order valence-electron chi connectivity index (χ0n) is 11.0. The van der Waals surface area contributed by atoms with Crippen molar-refractivity contribution in [3.63, 3.8) is 0 Å². The molecule has 3 heteroatoms. The molecule has 2 aromatic carbocycles. The summed E-state index contributed by atoms with van der Waals surface area (Å²) in [7, 11) is 0. The van der Waals surface area contributed by atoms with Crippen LogP contribution in [0.25, 0.3) is 0 Å². The van der Waals surface area contributed by atoms with E-state index in [9.17, 15) is 4.39 Å². The molecule has 0 aliphatic carbocycles. The van der Waals surface area contributed by atoms with Gasteiger partial charge < -0.3 is 5.32 Å². The molecule has 100 valence electrons. The van der Waals surface area contributed by atoms with Gasteiger partial charge in [-0.15, -0.1) is 0 Å². The Kier molecular flexibility index (Phi) is 4.56. The maximum atomic E-state index is 13.2. The first-order valence-electron chi connectivity index (χ1n) is 6.33. The van der Waals surface area contributed by atoms with Crippen molar-refractivity contribution in [2.45, 2.75) is 25.9 Å². The van der Waals surface area contributed by atoms with Crippen LogP contribution in [-0.2, 0) is 0 Å². The fourth-order valence-corrected chi connectivity index (χ4v) is 2.32. The van der Waals surface area contributed by atoms with E-state index in [1.165, 1.54) is 6.07 Å². The maximum absolute atomic E-state index is 13.2. The molecular formula is C16H17ClFN. The van der Waals surface area contributed by atoms with Crippen LogP contribution in [0.1, 0.15) is 37.1 Å². The summed E-state index contributed by atoms with van der Waals surface area (Å²) >= 11 is 5.99. The highest BCUT2D eigenvalue weighted by atomic mass is 35.5. The molecule has 0 bridgehead atoms. The minimum absolute atomic E-state index is 0.0738. The summed E-state index contributed by atoms with van der Waals surface area (Å²) in [4.78, 5) is 0. The Bertz CT molecular complexity index is 506. The second kappa shape index (κ2) is 6.18. The molecule has 19 heavy (non-hydrogen) atoms. The van der Waals surface area contributed by atoms with Crippen molar-refractivity contribution < 1.29 is 4.39 Å². The summed E-state index contributed by atoms with van der Waals surface area (Å²) < 4.78 is 13.2. The van der Waals surface area contributed by atoms with Crippen LogP contribution in [-0.4, -0.2) is 0 Å². The van der Waals surface area contributed by atoms with Gasteiger partial charge in [-0.05, 0) is 49.2 Å². The molecule has 0 saturated heterocycles. The van der Waals surface area contributed by atoms with E-state index >= 15 is 0 Å². The molecule has 1 unspecified atom stereocenters. The summed E-state index contributed by atoms with van der Waals surface area (Å²) in [5.41, 5.74) is 2.06. The van der Waals surface area contributed by atoms with E-state index in [-0.39, 0.29) is 17.9 Å². The predicted octanol–water partition coefficient (Wildman–Crippen LogP) is 4.89. The van der Waals surface area contributed by atoms with Crippen LogP contribution in [0.3, 0.4) is 0 Å². The van der Waals surface area contributed by atoms with Gasteiger partial charge in [-0.1, -0.05) is 35.9 Å². The van der Waals surface area contributed by atoms with Gasteiger partial charge in [-0.2, -0.15) is 0 Å². The lowest BCUT2D eigenvalue weighted by molar-refractivity contribution is 0.492. The number of hydrogen-bond donors (Lipinski definition) is 1. The second-order valence-electron chi connectivity index (χ2n) is 4.72. The molecule has 2 aromatic rings. The third-order valence-corrected chi connectivity index (χ3v) is 3.43. The van der Waals surface area contributed by atoms with E-state index in [2.05, 4.69) is 12.2 Å². The van der Waals surface area contributed by atoms with Gasteiger partial charge in [0.2, 0.25) is 0 Å². The van der Waals surface area contributed by atoms with Crippen LogP contribution in [0.2, 0.25) is 5.02 Å². The SMILES string of the molecule is CC(N[C@@H](C)c1cccc(F)c1)c1cccc(Cl)c1. The van der Waals surface area contributed by atoms with Crippen molar-refractivity contribution in [3.05, 3.63) is 70.5 Å². The third kappa shape index (κ3) is 3.79. The smallest absolute Gasteiger partial charge is 0.123 e. The number of rotatable bonds is 4. The Hall–Kier alpha value is -1.38. The van der Waals surface area contributed by atoms with Gasteiger partial charge in [0.05, 0.1) is 0 Å². The van der Waals surface area contributed by atoms with Crippen LogP contribution in [0.5, 0.6) is 0 Å². The highest BCUT2D eigenvalue weighted by molar-refractivity contribution is 6.30. The van der Waals surface area contributed by atoms with E-state index in [4.69, 9.17) is 11.6 Å². The maximum Gasteiger partial charge on any atom is 0.123 e. The molecular weight excluding hydrogens is 261 g/mol. The molecule has 0 heterocycles. The Balaban J connectivity index is 2.08. The van der Waals surface area contributed by atoms with Gasteiger partial charge in [0.15, 0.2) is 0 Å². The Labute approximate surface area is 118 Å². The van der Waals surface area contributed by atoms with Gasteiger partial charge in [0.25, 0.3) is 0 Å². The van der Waals surface area contributed by atoms with E-state index < -0.39 is 0 Å². The molecule has 2 atom stereocenters. The zero-order chi connectivity index (χ0) is 13.8. The normalized spacial score (nSPS) is 14.1. The topological polar surface area (TPSA) is 12.0 Å². The van der Waals surface area contributed by atoms with Crippen LogP contribution >= 0.6 is 11.6 Å². The molecule has 0 radical (unpaired) electrons. The zero-order valence-corrected chi connectivity index (χ0v) is 11.8. The number of nitrogens with one attached hydrogen (secondary N) is 1. The first-order chi connectivity index (χ1) is 9.06. The van der Waals surface area contributed by atoms with Crippen LogP contribution in [0.4, 0.5) is 4.39 Å². The minimum Gasteiger partial charge on any atom is -0.304 e. The largest absolute Gasteiger partial charge is 0.304 e. The van der Waals surface area contributed by atoms with E-state index in [0.29, 0.717) is 0 Å². The van der Waals surface area contributed by atoms with E-state index in [0.717, 1.165) is 16.1 Å². The molecule has 0 spiro atoms. The highest BCUT2D eigenvalue weighted by Crippen LogP contribution is 2.21. The van der Waals surface area contributed by atoms with Crippen LogP contribution < -0.4 is 5.32 Å². The van der Waals surface area contributed by atoms with Crippen LogP contribution in [0.15, 0.2) is 48.5 Å². The van der Waals surface area contributed by atoms with Gasteiger partial charge >= 0.3 is 0 Å².